The highest BCUT2D eigenvalue weighted by molar-refractivity contribution is 7.17. The molecule has 0 aliphatic carbocycles. The van der Waals surface area contributed by atoms with Crippen LogP contribution in [0.15, 0.2) is 29.4 Å². The Hall–Kier alpha value is -2.54. The van der Waals surface area contributed by atoms with Crippen LogP contribution in [0.1, 0.15) is 38.2 Å². The number of nitrogens with one attached hydrogen (secondary N) is 1. The number of hydrogen-bond donors (Lipinski definition) is 2. The third-order valence-electron chi connectivity index (χ3n) is 2.65. The molecule has 0 unspecified atom stereocenters. The summed E-state index contributed by atoms with van der Waals surface area (Å²) in [6.07, 6.45) is 1.55. The number of Topliss-reactive ketones (excluding diaryl/α,β-unsaturated/α-hetero) is 1. The van der Waals surface area contributed by atoms with E-state index in [0.29, 0.717) is 15.7 Å². The molecule has 0 amide bonds. The van der Waals surface area contributed by atoms with E-state index >= 15 is 0 Å². The van der Waals surface area contributed by atoms with Gasteiger partial charge in [-0.2, -0.15) is 5.10 Å². The molecule has 1 aromatic carbocycles. The second-order valence-corrected chi connectivity index (χ2v) is 5.29. The molecule has 0 atom stereocenters. The molecule has 2 rings (SSSR count). The molecular formula is C14H13N3O3S. The Bertz CT molecular complexity index is 705. The second-order valence-electron chi connectivity index (χ2n) is 4.29. The zero-order valence-electron chi connectivity index (χ0n) is 11.5. The summed E-state index contributed by atoms with van der Waals surface area (Å²) in [5.74, 6) is -0.988. The van der Waals surface area contributed by atoms with E-state index in [-0.39, 0.29) is 11.3 Å². The molecule has 0 saturated heterocycles. The molecule has 0 radical (unpaired) electrons. The van der Waals surface area contributed by atoms with E-state index < -0.39 is 5.97 Å². The fourth-order valence-corrected chi connectivity index (χ4v) is 2.46. The van der Waals surface area contributed by atoms with Crippen molar-refractivity contribution in [3.63, 3.8) is 0 Å². The summed E-state index contributed by atoms with van der Waals surface area (Å²) in [5, 5.41) is 13.3. The first kappa shape index (κ1) is 14.9. The SMILES string of the molecule is CC(=O)c1sc(N/N=C\c2ccc(C(=O)O)cc2)nc1C. The average Bonchev–Trinajstić information content (AvgIpc) is 2.80. The monoisotopic (exact) mass is 303 g/mol. The first-order valence-corrected chi connectivity index (χ1v) is 6.90. The average molecular weight is 303 g/mol. The number of carbonyl (C=O) groups is 2. The van der Waals surface area contributed by atoms with Crippen molar-refractivity contribution in [2.45, 2.75) is 13.8 Å². The van der Waals surface area contributed by atoms with Gasteiger partial charge < -0.3 is 5.11 Å². The maximum absolute atomic E-state index is 11.3. The molecule has 6 nitrogen and oxygen atoms in total. The summed E-state index contributed by atoms with van der Waals surface area (Å²) in [4.78, 5) is 26.8. The summed E-state index contributed by atoms with van der Waals surface area (Å²) in [6.45, 7) is 3.27. The van der Waals surface area contributed by atoms with Crippen molar-refractivity contribution in [3.8, 4) is 0 Å². The summed E-state index contributed by atoms with van der Waals surface area (Å²) in [6, 6.07) is 6.32. The highest BCUT2D eigenvalue weighted by Crippen LogP contribution is 2.22. The lowest BCUT2D eigenvalue weighted by Gasteiger charge is -1.96. The number of aromatic nitrogens is 1. The zero-order valence-corrected chi connectivity index (χ0v) is 12.3. The molecule has 0 aliphatic heterocycles. The first-order valence-electron chi connectivity index (χ1n) is 6.08. The van der Waals surface area contributed by atoms with Gasteiger partial charge in [0.1, 0.15) is 0 Å². The third-order valence-corrected chi connectivity index (χ3v) is 3.81. The number of thiazole rings is 1. The van der Waals surface area contributed by atoms with Crippen LogP contribution in [-0.4, -0.2) is 28.1 Å². The number of carboxylic acids is 1. The number of rotatable bonds is 5. The molecule has 0 aliphatic rings. The van der Waals surface area contributed by atoms with Crippen molar-refractivity contribution in [1.82, 2.24) is 4.98 Å². The fraction of sp³-hybridized carbons (Fsp3) is 0.143. The lowest BCUT2D eigenvalue weighted by Crippen LogP contribution is -1.96. The van der Waals surface area contributed by atoms with E-state index in [2.05, 4.69) is 15.5 Å². The van der Waals surface area contributed by atoms with Crippen LogP contribution >= 0.6 is 11.3 Å². The number of aryl methyl sites for hydroxylation is 1. The number of hydrazone groups is 1. The Labute approximate surface area is 125 Å². The third kappa shape index (κ3) is 3.73. The highest BCUT2D eigenvalue weighted by atomic mass is 32.1. The molecule has 1 heterocycles. The molecule has 0 spiro atoms. The summed E-state index contributed by atoms with van der Waals surface area (Å²) in [7, 11) is 0. The van der Waals surface area contributed by atoms with Crippen molar-refractivity contribution in [2.75, 3.05) is 5.43 Å². The molecule has 108 valence electrons. The number of benzene rings is 1. The van der Waals surface area contributed by atoms with Crippen LogP contribution in [-0.2, 0) is 0 Å². The van der Waals surface area contributed by atoms with Crippen molar-refractivity contribution in [2.24, 2.45) is 5.10 Å². The van der Waals surface area contributed by atoms with E-state index in [1.54, 1.807) is 25.3 Å². The molecule has 2 aromatic rings. The largest absolute Gasteiger partial charge is 0.478 e. The van der Waals surface area contributed by atoms with Crippen molar-refractivity contribution in [3.05, 3.63) is 46.0 Å². The van der Waals surface area contributed by atoms with Gasteiger partial charge in [0.15, 0.2) is 5.78 Å². The van der Waals surface area contributed by atoms with E-state index in [4.69, 9.17) is 5.11 Å². The number of anilines is 1. The quantitative estimate of drug-likeness (QED) is 0.503. The molecule has 21 heavy (non-hydrogen) atoms. The summed E-state index contributed by atoms with van der Waals surface area (Å²) in [5.41, 5.74) is 4.41. The molecule has 7 heteroatoms. The van der Waals surface area contributed by atoms with E-state index in [9.17, 15) is 9.59 Å². The molecule has 2 N–H and O–H groups in total. The molecule has 0 saturated carbocycles. The van der Waals surface area contributed by atoms with Gasteiger partial charge >= 0.3 is 5.97 Å². The van der Waals surface area contributed by atoms with E-state index in [0.717, 1.165) is 5.56 Å². The lowest BCUT2D eigenvalue weighted by molar-refractivity contribution is 0.0696. The van der Waals surface area contributed by atoms with Gasteiger partial charge in [-0.05, 0) is 24.6 Å². The van der Waals surface area contributed by atoms with Gasteiger partial charge in [0.2, 0.25) is 5.13 Å². The van der Waals surface area contributed by atoms with Gasteiger partial charge in [-0.15, -0.1) is 0 Å². The van der Waals surface area contributed by atoms with Crippen molar-refractivity contribution >= 4 is 34.4 Å². The van der Waals surface area contributed by atoms with Crippen LogP contribution in [0.25, 0.3) is 0 Å². The number of carboxylic acid groups (broad SMARTS) is 1. The molecule has 1 aromatic heterocycles. The molecule has 0 fully saturated rings. The van der Waals surface area contributed by atoms with Crippen LogP contribution in [0.2, 0.25) is 0 Å². The van der Waals surface area contributed by atoms with Gasteiger partial charge in [-0.3, -0.25) is 10.2 Å². The molecule has 0 bridgehead atoms. The van der Waals surface area contributed by atoms with Gasteiger partial charge in [0.05, 0.1) is 22.3 Å². The Morgan fingerprint density at radius 1 is 1.33 bits per heavy atom. The van der Waals surface area contributed by atoms with Crippen LogP contribution in [0.3, 0.4) is 0 Å². The fourth-order valence-electron chi connectivity index (χ4n) is 1.64. The van der Waals surface area contributed by atoms with Crippen LogP contribution in [0.5, 0.6) is 0 Å². The maximum Gasteiger partial charge on any atom is 0.335 e. The Balaban J connectivity index is 2.03. The predicted octanol–water partition coefficient (Wildman–Crippen LogP) is 2.80. The smallest absolute Gasteiger partial charge is 0.335 e. The minimum Gasteiger partial charge on any atom is -0.478 e. The normalized spacial score (nSPS) is 10.8. The van der Waals surface area contributed by atoms with Crippen LogP contribution < -0.4 is 5.43 Å². The van der Waals surface area contributed by atoms with E-state index in [1.807, 2.05) is 0 Å². The van der Waals surface area contributed by atoms with Crippen LogP contribution in [0, 0.1) is 6.92 Å². The number of hydrogen-bond acceptors (Lipinski definition) is 6. The topological polar surface area (TPSA) is 91.7 Å². The first-order chi connectivity index (χ1) is 9.97. The standard InChI is InChI=1S/C14H13N3O3S/c1-8-12(9(2)18)21-14(16-8)17-15-7-10-3-5-11(6-4-10)13(19)20/h3-7H,1-2H3,(H,16,17)(H,19,20)/b15-7-. The van der Waals surface area contributed by atoms with Crippen molar-refractivity contribution < 1.29 is 14.7 Å². The second kappa shape index (κ2) is 6.27. The minimum atomic E-state index is -0.966. The summed E-state index contributed by atoms with van der Waals surface area (Å²) < 4.78 is 0. The number of aromatic carboxylic acids is 1. The Morgan fingerprint density at radius 3 is 2.52 bits per heavy atom. The van der Waals surface area contributed by atoms with Gasteiger partial charge in [-0.1, -0.05) is 23.5 Å². The van der Waals surface area contributed by atoms with E-state index in [1.165, 1.54) is 30.4 Å². The zero-order chi connectivity index (χ0) is 15.4. The predicted molar refractivity (Wildman–Crippen MR) is 81.5 cm³/mol. The maximum atomic E-state index is 11.3. The van der Waals surface area contributed by atoms with Gasteiger partial charge in [0.25, 0.3) is 0 Å². The van der Waals surface area contributed by atoms with Gasteiger partial charge in [-0.25, -0.2) is 9.78 Å². The number of nitrogens with zero attached hydrogens (tertiary/aromatic N) is 2. The summed E-state index contributed by atoms with van der Waals surface area (Å²) >= 11 is 1.25. The van der Waals surface area contributed by atoms with Crippen molar-refractivity contribution in [1.29, 1.82) is 0 Å². The van der Waals surface area contributed by atoms with Crippen LogP contribution in [0.4, 0.5) is 5.13 Å². The van der Waals surface area contributed by atoms with Gasteiger partial charge in [0, 0.05) is 6.92 Å². The molecular weight excluding hydrogens is 290 g/mol. The number of ketones is 1. The highest BCUT2D eigenvalue weighted by Gasteiger charge is 2.10. The Kier molecular flexibility index (Phi) is 4.44. The lowest BCUT2D eigenvalue weighted by atomic mass is 10.1. The Morgan fingerprint density at radius 2 is 2.00 bits per heavy atom. The number of carbonyl (C=O) groups excluding carboxylic acids is 1. The minimum absolute atomic E-state index is 0.0220.